The average molecular weight is 198 g/mol. The van der Waals surface area contributed by atoms with Crippen LogP contribution in [0.15, 0.2) is 21.9 Å². The molecule has 7 nitrogen and oxygen atoms in total. The molecule has 0 radical (unpaired) electrons. The number of rotatable bonds is 0. The van der Waals surface area contributed by atoms with E-state index >= 15 is 0 Å². The van der Waals surface area contributed by atoms with E-state index in [4.69, 9.17) is 0 Å². The number of esters is 1. The highest BCUT2D eigenvalue weighted by Gasteiger charge is 2.17. The summed E-state index contributed by atoms with van der Waals surface area (Å²) >= 11 is 0. The molecular weight excluding hydrogens is 192 g/mol. The zero-order valence-electron chi connectivity index (χ0n) is 7.14. The van der Waals surface area contributed by atoms with Crippen LogP contribution in [0.4, 0.5) is 0 Å². The van der Waals surface area contributed by atoms with Crippen molar-refractivity contribution in [1.29, 1.82) is 0 Å². The summed E-state index contributed by atoms with van der Waals surface area (Å²) in [4.78, 5) is 45.2. The first-order valence-electron chi connectivity index (χ1n) is 3.51. The van der Waals surface area contributed by atoms with Crippen LogP contribution in [0.25, 0.3) is 0 Å². The second-order valence-electron chi connectivity index (χ2n) is 2.28. The number of nitrogens with one attached hydrogen (secondary N) is 1. The second-order valence-corrected chi connectivity index (χ2v) is 2.28. The molecule has 0 aromatic carbocycles. The van der Waals surface area contributed by atoms with Gasteiger partial charge in [0.05, 0.1) is 7.11 Å². The first-order chi connectivity index (χ1) is 6.56. The maximum atomic E-state index is 11.1. The fourth-order valence-electron chi connectivity index (χ4n) is 0.763. The van der Waals surface area contributed by atoms with E-state index < -0.39 is 23.1 Å². The maximum Gasteiger partial charge on any atom is 0.397 e. The Morgan fingerprint density at radius 2 is 2.07 bits per heavy atom. The van der Waals surface area contributed by atoms with Gasteiger partial charge in [0.15, 0.2) is 0 Å². The Kier molecular flexibility index (Phi) is 2.61. The highest BCUT2D eigenvalue weighted by molar-refractivity contribution is 6.33. The Morgan fingerprint density at radius 3 is 2.57 bits per heavy atom. The number of methoxy groups -OCH3 is 1. The van der Waals surface area contributed by atoms with Crippen LogP contribution in [-0.2, 0) is 9.53 Å². The van der Waals surface area contributed by atoms with Gasteiger partial charge in [-0.15, -0.1) is 0 Å². The minimum atomic E-state index is -1.18. The number of hydrogen-bond acceptors (Lipinski definition) is 5. The first kappa shape index (κ1) is 9.90. The molecule has 74 valence electrons. The number of ether oxygens (including phenoxy) is 1. The van der Waals surface area contributed by atoms with Gasteiger partial charge in [0.2, 0.25) is 0 Å². The molecule has 0 atom stereocenters. The van der Waals surface area contributed by atoms with Crippen LogP contribution >= 0.6 is 0 Å². The van der Waals surface area contributed by atoms with Gasteiger partial charge < -0.3 is 4.74 Å². The molecule has 0 spiro atoms. The van der Waals surface area contributed by atoms with Crippen LogP contribution < -0.4 is 11.2 Å². The summed E-state index contributed by atoms with van der Waals surface area (Å²) in [6.07, 6.45) is 0.903. The molecule has 0 aliphatic carbocycles. The average Bonchev–Trinajstić information content (AvgIpc) is 2.15. The van der Waals surface area contributed by atoms with Gasteiger partial charge in [0, 0.05) is 12.3 Å². The largest absolute Gasteiger partial charge is 0.462 e. The van der Waals surface area contributed by atoms with Crippen LogP contribution in [0.2, 0.25) is 0 Å². The smallest absolute Gasteiger partial charge is 0.397 e. The molecule has 0 aliphatic rings. The summed E-state index contributed by atoms with van der Waals surface area (Å²) in [5.41, 5.74) is -1.63. The molecule has 1 aromatic heterocycles. The standard InChI is InChI=1S/C7H6N2O5/c1-14-6(12)5(11)9-3-2-4(10)8-7(9)13/h2-3H,1H3,(H,8,10,13). The van der Waals surface area contributed by atoms with Gasteiger partial charge in [-0.3, -0.25) is 14.6 Å². The molecule has 1 N–H and O–H groups in total. The lowest BCUT2D eigenvalue weighted by Crippen LogP contribution is -2.36. The Bertz CT molecular complexity index is 483. The van der Waals surface area contributed by atoms with Gasteiger partial charge in [-0.2, -0.15) is 0 Å². The highest BCUT2D eigenvalue weighted by Crippen LogP contribution is 1.81. The number of aromatic nitrogens is 2. The van der Waals surface area contributed by atoms with Gasteiger partial charge in [-0.05, 0) is 0 Å². The van der Waals surface area contributed by atoms with E-state index in [1.165, 1.54) is 0 Å². The lowest BCUT2D eigenvalue weighted by molar-refractivity contribution is -0.135. The number of hydrogen-bond donors (Lipinski definition) is 1. The summed E-state index contributed by atoms with van der Waals surface area (Å²) < 4.78 is 4.56. The lowest BCUT2D eigenvalue weighted by Gasteiger charge is -1.99. The molecule has 0 bridgehead atoms. The van der Waals surface area contributed by atoms with Crippen LogP contribution in [0.1, 0.15) is 4.79 Å². The van der Waals surface area contributed by atoms with E-state index in [1.54, 1.807) is 0 Å². The molecule has 0 fully saturated rings. The van der Waals surface area contributed by atoms with E-state index in [0.29, 0.717) is 4.57 Å². The summed E-state index contributed by atoms with van der Waals surface area (Å²) in [5, 5.41) is 0. The van der Waals surface area contributed by atoms with Crippen LogP contribution in [0.5, 0.6) is 0 Å². The van der Waals surface area contributed by atoms with Crippen molar-refractivity contribution in [2.45, 2.75) is 0 Å². The summed E-state index contributed by atoms with van der Waals surface area (Å²) in [6, 6.07) is 0.947. The predicted octanol–water partition coefficient (Wildman–Crippen LogP) is -1.65. The van der Waals surface area contributed by atoms with Gasteiger partial charge in [-0.25, -0.2) is 14.2 Å². The van der Waals surface area contributed by atoms with Crippen molar-refractivity contribution in [1.82, 2.24) is 9.55 Å². The lowest BCUT2D eigenvalue weighted by atomic mass is 10.5. The summed E-state index contributed by atoms with van der Waals surface area (Å²) in [5.74, 6) is -2.34. The third-order valence-electron chi connectivity index (χ3n) is 1.40. The summed E-state index contributed by atoms with van der Waals surface area (Å²) in [6.45, 7) is 0. The van der Waals surface area contributed by atoms with E-state index in [1.807, 2.05) is 4.98 Å². The number of H-pyrrole nitrogens is 1. The molecule has 0 unspecified atom stereocenters. The number of aromatic amines is 1. The minimum absolute atomic E-state index is 0.452. The molecule has 1 rings (SSSR count). The SMILES string of the molecule is COC(=O)C(=O)n1ccc(=O)[nH]c1=O. The fraction of sp³-hybridized carbons (Fsp3) is 0.143. The van der Waals surface area contributed by atoms with Crippen molar-refractivity contribution in [3.8, 4) is 0 Å². The first-order valence-corrected chi connectivity index (χ1v) is 3.51. The Morgan fingerprint density at radius 1 is 1.43 bits per heavy atom. The zero-order chi connectivity index (χ0) is 10.7. The van der Waals surface area contributed by atoms with E-state index in [0.717, 1.165) is 19.4 Å². The molecule has 14 heavy (non-hydrogen) atoms. The van der Waals surface area contributed by atoms with E-state index in [9.17, 15) is 19.2 Å². The van der Waals surface area contributed by atoms with Crippen molar-refractivity contribution in [3.05, 3.63) is 33.1 Å². The number of carbonyl (C=O) groups is 2. The van der Waals surface area contributed by atoms with E-state index in [2.05, 4.69) is 4.74 Å². The molecular formula is C7H6N2O5. The highest BCUT2D eigenvalue weighted by atomic mass is 16.5. The minimum Gasteiger partial charge on any atom is -0.462 e. The molecule has 0 amide bonds. The van der Waals surface area contributed by atoms with Gasteiger partial charge in [-0.1, -0.05) is 0 Å². The van der Waals surface area contributed by atoms with Crippen molar-refractivity contribution in [2.75, 3.05) is 7.11 Å². The number of carbonyl (C=O) groups excluding carboxylic acids is 2. The maximum absolute atomic E-state index is 11.1. The predicted molar refractivity (Wildman–Crippen MR) is 44.0 cm³/mol. The van der Waals surface area contributed by atoms with Crippen molar-refractivity contribution in [3.63, 3.8) is 0 Å². The molecule has 1 aromatic rings. The van der Waals surface area contributed by atoms with Gasteiger partial charge in [0.25, 0.3) is 5.56 Å². The zero-order valence-corrected chi connectivity index (χ0v) is 7.14. The molecule has 7 heteroatoms. The van der Waals surface area contributed by atoms with Crippen molar-refractivity contribution >= 4 is 11.9 Å². The van der Waals surface area contributed by atoms with Crippen molar-refractivity contribution in [2.24, 2.45) is 0 Å². The van der Waals surface area contributed by atoms with Crippen molar-refractivity contribution < 1.29 is 14.3 Å². The third-order valence-corrected chi connectivity index (χ3v) is 1.40. The van der Waals surface area contributed by atoms with E-state index in [-0.39, 0.29) is 0 Å². The Balaban J connectivity index is 3.21. The molecule has 1 heterocycles. The van der Waals surface area contributed by atoms with Crippen LogP contribution in [-0.4, -0.2) is 28.5 Å². The summed E-state index contributed by atoms with van der Waals surface area (Å²) in [7, 11) is 1.01. The monoisotopic (exact) mass is 198 g/mol. The van der Waals surface area contributed by atoms with Crippen LogP contribution in [0.3, 0.4) is 0 Å². The molecule has 0 saturated heterocycles. The van der Waals surface area contributed by atoms with Gasteiger partial charge in [0.1, 0.15) is 0 Å². The fourth-order valence-corrected chi connectivity index (χ4v) is 0.763. The topological polar surface area (TPSA) is 98.2 Å². The van der Waals surface area contributed by atoms with Gasteiger partial charge >= 0.3 is 17.6 Å². The normalized spacial score (nSPS) is 9.50. The van der Waals surface area contributed by atoms with Crippen LogP contribution in [0, 0.1) is 0 Å². The quantitative estimate of drug-likeness (QED) is 0.397. The molecule has 0 saturated carbocycles. The number of nitrogens with zero attached hydrogens (tertiary/aromatic N) is 1. The Hall–Kier alpha value is -2.18. The molecule has 0 aliphatic heterocycles. The second kappa shape index (κ2) is 3.69. The third kappa shape index (κ3) is 1.76. The Labute approximate surface area is 76.9 Å².